The van der Waals surface area contributed by atoms with Gasteiger partial charge < -0.3 is 21.3 Å². The fourth-order valence-electron chi connectivity index (χ4n) is 3.37. The molecule has 0 aromatic heterocycles. The number of hydrogen-bond acceptors (Lipinski definition) is 3. The topological polar surface area (TPSA) is 82.3 Å². The number of piperidine rings is 1. The van der Waals surface area contributed by atoms with Gasteiger partial charge in [-0.25, -0.2) is 4.79 Å². The molecule has 0 unspecified atom stereocenters. The first-order valence-corrected chi connectivity index (χ1v) is 9.88. The highest BCUT2D eigenvalue weighted by Gasteiger charge is 2.14. The van der Waals surface area contributed by atoms with Crippen LogP contribution in [0.25, 0.3) is 0 Å². The lowest BCUT2D eigenvalue weighted by Crippen LogP contribution is -2.29. The number of rotatable bonds is 7. The zero-order chi connectivity index (χ0) is 19.6. The van der Waals surface area contributed by atoms with E-state index in [1.807, 2.05) is 54.6 Å². The molecular formula is C22H29ClN4O2. The van der Waals surface area contributed by atoms with E-state index in [9.17, 15) is 9.59 Å². The number of urea groups is 1. The fourth-order valence-corrected chi connectivity index (χ4v) is 3.37. The van der Waals surface area contributed by atoms with Crippen LogP contribution in [0.5, 0.6) is 0 Å². The summed E-state index contributed by atoms with van der Waals surface area (Å²) in [6.07, 6.45) is 3.84. The second-order valence-corrected chi connectivity index (χ2v) is 7.15. The number of carbonyl (C=O) groups excluding carboxylic acids is 2. The first-order chi connectivity index (χ1) is 13.7. The van der Waals surface area contributed by atoms with Gasteiger partial charge in [0.15, 0.2) is 0 Å². The second-order valence-electron chi connectivity index (χ2n) is 7.15. The van der Waals surface area contributed by atoms with Gasteiger partial charge in [0.2, 0.25) is 5.91 Å². The van der Waals surface area contributed by atoms with Gasteiger partial charge in [0.05, 0.1) is 0 Å². The molecule has 0 radical (unpaired) electrons. The van der Waals surface area contributed by atoms with Gasteiger partial charge >= 0.3 is 6.03 Å². The summed E-state index contributed by atoms with van der Waals surface area (Å²) in [7, 11) is 0. The predicted molar refractivity (Wildman–Crippen MR) is 119 cm³/mol. The Labute approximate surface area is 178 Å². The molecule has 1 aliphatic heterocycles. The van der Waals surface area contributed by atoms with Gasteiger partial charge in [-0.2, -0.15) is 0 Å². The number of anilines is 2. The molecule has 29 heavy (non-hydrogen) atoms. The van der Waals surface area contributed by atoms with E-state index >= 15 is 0 Å². The fraction of sp³-hybridized carbons (Fsp3) is 0.364. The van der Waals surface area contributed by atoms with Crippen LogP contribution in [-0.4, -0.2) is 25.0 Å². The molecule has 3 amide bonds. The van der Waals surface area contributed by atoms with Gasteiger partial charge in [0.1, 0.15) is 0 Å². The molecule has 2 aromatic rings. The summed E-state index contributed by atoms with van der Waals surface area (Å²) >= 11 is 0. The monoisotopic (exact) mass is 416 g/mol. The van der Waals surface area contributed by atoms with Crippen molar-refractivity contribution < 1.29 is 9.59 Å². The highest BCUT2D eigenvalue weighted by atomic mass is 35.5. The molecule has 1 aliphatic rings. The summed E-state index contributed by atoms with van der Waals surface area (Å²) in [5.74, 6) is 0.737. The van der Waals surface area contributed by atoms with Gasteiger partial charge in [0.25, 0.3) is 0 Å². The molecule has 0 aliphatic carbocycles. The molecule has 7 heteroatoms. The first kappa shape index (κ1) is 22.7. The lowest BCUT2D eigenvalue weighted by molar-refractivity contribution is -0.121. The quantitative estimate of drug-likeness (QED) is 0.547. The molecule has 2 aromatic carbocycles. The third-order valence-electron chi connectivity index (χ3n) is 4.94. The van der Waals surface area contributed by atoms with Crippen LogP contribution < -0.4 is 21.3 Å². The van der Waals surface area contributed by atoms with Gasteiger partial charge in [-0.15, -0.1) is 12.4 Å². The van der Waals surface area contributed by atoms with Crippen molar-refractivity contribution in [3.05, 3.63) is 60.2 Å². The number of nitrogens with one attached hydrogen (secondary N) is 4. The van der Waals surface area contributed by atoms with E-state index in [1.54, 1.807) is 0 Å². The lowest BCUT2D eigenvalue weighted by Gasteiger charge is -2.22. The standard InChI is InChI=1S/C22H28N4O2.ClH/c27-21(10-9-17-11-13-23-14-12-17)24-16-18-5-4-8-20(15-18)26-22(28)25-19-6-2-1-3-7-19;/h1-8,15,17,23H,9-14,16H2,(H,24,27)(H2,25,26,28);1H. The number of benzene rings is 2. The maximum atomic E-state index is 12.1. The summed E-state index contributed by atoms with van der Waals surface area (Å²) < 4.78 is 0. The third kappa shape index (κ3) is 8.13. The minimum Gasteiger partial charge on any atom is -0.352 e. The molecule has 0 bridgehead atoms. The molecule has 156 valence electrons. The SMILES string of the molecule is Cl.O=C(CCC1CCNCC1)NCc1cccc(NC(=O)Nc2ccccc2)c1. The number of carbonyl (C=O) groups is 2. The summed E-state index contributed by atoms with van der Waals surface area (Å²) in [5.41, 5.74) is 2.37. The van der Waals surface area contributed by atoms with Crippen LogP contribution in [0.3, 0.4) is 0 Å². The predicted octanol–water partition coefficient (Wildman–Crippen LogP) is 4.15. The van der Waals surface area contributed by atoms with E-state index in [0.29, 0.717) is 24.6 Å². The normalized spacial score (nSPS) is 13.8. The van der Waals surface area contributed by atoms with Crippen molar-refractivity contribution in [3.63, 3.8) is 0 Å². The molecule has 1 heterocycles. The second kappa shape index (κ2) is 12.1. The minimum atomic E-state index is -0.297. The molecule has 1 fully saturated rings. The zero-order valence-corrected chi connectivity index (χ0v) is 17.3. The number of halogens is 1. The van der Waals surface area contributed by atoms with Crippen LogP contribution in [0.15, 0.2) is 54.6 Å². The van der Waals surface area contributed by atoms with Gasteiger partial charge in [-0.1, -0.05) is 30.3 Å². The van der Waals surface area contributed by atoms with E-state index < -0.39 is 0 Å². The first-order valence-electron chi connectivity index (χ1n) is 9.88. The third-order valence-corrected chi connectivity index (χ3v) is 4.94. The maximum absolute atomic E-state index is 12.1. The summed E-state index contributed by atoms with van der Waals surface area (Å²) in [4.78, 5) is 24.2. The highest BCUT2D eigenvalue weighted by molar-refractivity contribution is 5.99. The van der Waals surface area contributed by atoms with Crippen LogP contribution >= 0.6 is 12.4 Å². The van der Waals surface area contributed by atoms with Crippen molar-refractivity contribution in [2.24, 2.45) is 5.92 Å². The highest BCUT2D eigenvalue weighted by Crippen LogP contribution is 2.17. The van der Waals surface area contributed by atoms with Crippen molar-refractivity contribution in [2.45, 2.75) is 32.2 Å². The molecular weight excluding hydrogens is 388 g/mol. The Morgan fingerprint density at radius 3 is 2.38 bits per heavy atom. The Kier molecular flexibility index (Phi) is 9.47. The van der Waals surface area contributed by atoms with Crippen molar-refractivity contribution in [1.82, 2.24) is 10.6 Å². The average Bonchev–Trinajstić information content (AvgIpc) is 2.72. The Morgan fingerprint density at radius 2 is 1.62 bits per heavy atom. The average molecular weight is 417 g/mol. The Bertz CT molecular complexity index is 779. The molecule has 4 N–H and O–H groups in total. The van der Waals surface area contributed by atoms with Crippen LogP contribution in [0.1, 0.15) is 31.2 Å². The van der Waals surface area contributed by atoms with Crippen molar-refractivity contribution in [3.8, 4) is 0 Å². The zero-order valence-electron chi connectivity index (χ0n) is 16.4. The summed E-state index contributed by atoms with van der Waals surface area (Å²) in [6, 6.07) is 16.5. The van der Waals surface area contributed by atoms with Crippen molar-refractivity contribution in [1.29, 1.82) is 0 Å². The van der Waals surface area contributed by atoms with E-state index in [1.165, 1.54) is 0 Å². The van der Waals surface area contributed by atoms with Crippen LogP contribution in [0.4, 0.5) is 16.2 Å². The van der Waals surface area contributed by atoms with Crippen LogP contribution in [-0.2, 0) is 11.3 Å². The molecule has 0 atom stereocenters. The van der Waals surface area contributed by atoms with Crippen LogP contribution in [0.2, 0.25) is 0 Å². The molecule has 0 spiro atoms. The van der Waals surface area contributed by atoms with Crippen LogP contribution in [0, 0.1) is 5.92 Å². The molecule has 1 saturated heterocycles. The Morgan fingerprint density at radius 1 is 0.931 bits per heavy atom. The van der Waals surface area contributed by atoms with E-state index in [2.05, 4.69) is 21.3 Å². The number of amides is 3. The smallest absolute Gasteiger partial charge is 0.323 e. The Balaban J connectivity index is 0.00000300. The Hall–Kier alpha value is -2.57. The molecule has 3 rings (SSSR count). The van der Waals surface area contributed by atoms with E-state index in [-0.39, 0.29) is 24.3 Å². The number of para-hydroxylation sites is 1. The van der Waals surface area contributed by atoms with Crippen molar-refractivity contribution >= 4 is 35.7 Å². The maximum Gasteiger partial charge on any atom is 0.323 e. The van der Waals surface area contributed by atoms with Gasteiger partial charge in [0, 0.05) is 24.3 Å². The van der Waals surface area contributed by atoms with E-state index in [0.717, 1.165) is 43.6 Å². The minimum absolute atomic E-state index is 0. The van der Waals surface area contributed by atoms with Gasteiger partial charge in [-0.3, -0.25) is 4.79 Å². The number of hydrogen-bond donors (Lipinski definition) is 4. The van der Waals surface area contributed by atoms with Gasteiger partial charge in [-0.05, 0) is 68.1 Å². The lowest BCUT2D eigenvalue weighted by atomic mass is 9.93. The summed E-state index contributed by atoms with van der Waals surface area (Å²) in [5, 5.41) is 11.9. The van der Waals surface area contributed by atoms with Crippen molar-refractivity contribution in [2.75, 3.05) is 23.7 Å². The molecule has 0 saturated carbocycles. The van der Waals surface area contributed by atoms with E-state index in [4.69, 9.17) is 0 Å². The largest absolute Gasteiger partial charge is 0.352 e. The summed E-state index contributed by atoms with van der Waals surface area (Å²) in [6.45, 7) is 2.58. The molecule has 6 nitrogen and oxygen atoms in total.